The molecule has 0 saturated heterocycles. The summed E-state index contributed by atoms with van der Waals surface area (Å²) < 4.78 is 38.0. The summed E-state index contributed by atoms with van der Waals surface area (Å²) in [4.78, 5) is 0. The van der Waals surface area contributed by atoms with Gasteiger partial charge in [0.05, 0.1) is 11.2 Å². The molecular formula is C10H6ClF3N4O2S. The number of nitrogens with one attached hydrogen (secondary N) is 1. The quantitative estimate of drug-likeness (QED) is 0.446. The third-order valence-corrected chi connectivity index (χ3v) is 2.84. The Balaban J connectivity index is 2.44. The Morgan fingerprint density at radius 1 is 1.38 bits per heavy atom. The van der Waals surface area contributed by atoms with Gasteiger partial charge in [0, 0.05) is 0 Å². The number of benzene rings is 1. The molecule has 21 heavy (non-hydrogen) atoms. The molecule has 0 bridgehead atoms. The van der Waals surface area contributed by atoms with Gasteiger partial charge in [0.15, 0.2) is 11.5 Å². The van der Waals surface area contributed by atoms with Crippen LogP contribution in [0.3, 0.4) is 0 Å². The molecule has 1 aromatic heterocycles. The number of hydrogen-bond donors (Lipinski definition) is 3. The predicted molar refractivity (Wildman–Crippen MR) is 70.2 cm³/mol. The van der Waals surface area contributed by atoms with E-state index in [9.17, 15) is 23.4 Å². The number of aromatic nitrogens is 3. The number of H-pyrrole nitrogens is 1. The molecule has 0 amide bonds. The van der Waals surface area contributed by atoms with Crippen molar-refractivity contribution in [2.45, 2.75) is 6.18 Å². The Hall–Kier alpha value is -2.07. The summed E-state index contributed by atoms with van der Waals surface area (Å²) >= 11 is 10.3. The van der Waals surface area contributed by atoms with Crippen molar-refractivity contribution in [1.82, 2.24) is 14.9 Å². The SMILES string of the molecule is Oc1cc(C=Nn2c(C(F)(F)F)n[nH]c2=S)cc(Cl)c1O. The lowest BCUT2D eigenvalue weighted by Gasteiger charge is -2.04. The minimum Gasteiger partial charge on any atom is -0.504 e. The standard InChI is InChI=1S/C10H6ClF3N4O2S/c11-5-1-4(2-6(19)7(5)20)3-15-18-8(10(12,13)14)16-17-9(18)21/h1-3,19-20H,(H,17,21). The molecule has 0 atom stereocenters. The Labute approximate surface area is 125 Å². The lowest BCUT2D eigenvalue weighted by Crippen LogP contribution is -2.12. The predicted octanol–water partition coefficient (Wildman–Crippen LogP) is 2.91. The van der Waals surface area contributed by atoms with E-state index in [0.29, 0.717) is 4.68 Å². The Morgan fingerprint density at radius 3 is 2.62 bits per heavy atom. The normalized spacial score (nSPS) is 12.2. The molecule has 1 heterocycles. The number of hydrogen-bond acceptors (Lipinski definition) is 5. The molecule has 0 aliphatic heterocycles. The van der Waals surface area contributed by atoms with E-state index in [1.807, 2.05) is 5.10 Å². The Bertz CT molecular complexity index is 745. The van der Waals surface area contributed by atoms with Crippen molar-refractivity contribution in [3.05, 3.63) is 33.3 Å². The third-order valence-electron chi connectivity index (χ3n) is 2.29. The largest absolute Gasteiger partial charge is 0.504 e. The average Bonchev–Trinajstić information content (AvgIpc) is 2.74. The number of rotatable bonds is 2. The minimum absolute atomic E-state index is 0.159. The van der Waals surface area contributed by atoms with Crippen LogP contribution in [-0.4, -0.2) is 31.3 Å². The monoisotopic (exact) mass is 338 g/mol. The van der Waals surface area contributed by atoms with Gasteiger partial charge < -0.3 is 10.2 Å². The van der Waals surface area contributed by atoms with E-state index in [-0.39, 0.29) is 15.4 Å². The van der Waals surface area contributed by atoms with Crippen LogP contribution < -0.4 is 0 Å². The minimum atomic E-state index is -4.74. The van der Waals surface area contributed by atoms with Gasteiger partial charge in [-0.25, -0.2) is 5.10 Å². The summed E-state index contributed by atoms with van der Waals surface area (Å²) in [6.45, 7) is 0. The van der Waals surface area contributed by atoms with Gasteiger partial charge in [-0.3, -0.25) is 0 Å². The highest BCUT2D eigenvalue weighted by Crippen LogP contribution is 2.33. The van der Waals surface area contributed by atoms with Crippen molar-refractivity contribution in [3.8, 4) is 11.5 Å². The topological polar surface area (TPSA) is 86.4 Å². The second-order valence-electron chi connectivity index (χ2n) is 3.78. The first-order valence-corrected chi connectivity index (χ1v) is 5.99. The number of phenolic OH excluding ortho intramolecular Hbond substituents is 2. The van der Waals surface area contributed by atoms with E-state index in [1.165, 1.54) is 6.07 Å². The maximum absolute atomic E-state index is 12.7. The smallest absolute Gasteiger partial charge is 0.453 e. The zero-order valence-electron chi connectivity index (χ0n) is 9.89. The fourth-order valence-corrected chi connectivity index (χ4v) is 1.79. The van der Waals surface area contributed by atoms with E-state index in [0.717, 1.165) is 12.3 Å². The first-order chi connectivity index (χ1) is 9.70. The van der Waals surface area contributed by atoms with Gasteiger partial charge in [0.1, 0.15) is 0 Å². The summed E-state index contributed by atoms with van der Waals surface area (Å²) in [6, 6.07) is 2.28. The molecule has 0 fully saturated rings. The number of nitrogens with zero attached hydrogens (tertiary/aromatic N) is 3. The van der Waals surface area contributed by atoms with E-state index in [1.54, 1.807) is 0 Å². The van der Waals surface area contributed by atoms with Crippen LogP contribution >= 0.6 is 23.8 Å². The molecule has 11 heteroatoms. The van der Waals surface area contributed by atoms with Crippen LogP contribution in [0.15, 0.2) is 17.2 Å². The maximum atomic E-state index is 12.7. The Kier molecular flexibility index (Phi) is 3.92. The highest BCUT2D eigenvalue weighted by atomic mass is 35.5. The summed E-state index contributed by atoms with van der Waals surface area (Å²) in [7, 11) is 0. The molecule has 0 saturated carbocycles. The van der Waals surface area contributed by atoms with E-state index in [2.05, 4.69) is 22.4 Å². The molecule has 0 radical (unpaired) electrons. The number of aromatic amines is 1. The zero-order chi connectivity index (χ0) is 15.8. The molecule has 2 aromatic rings. The Morgan fingerprint density at radius 2 is 2.05 bits per heavy atom. The summed E-state index contributed by atoms with van der Waals surface area (Å²) in [6.07, 6.45) is -3.76. The highest BCUT2D eigenvalue weighted by Gasteiger charge is 2.37. The van der Waals surface area contributed by atoms with Gasteiger partial charge in [-0.2, -0.15) is 22.9 Å². The first kappa shape index (κ1) is 15.3. The van der Waals surface area contributed by atoms with Crippen LogP contribution in [0.4, 0.5) is 13.2 Å². The second kappa shape index (κ2) is 5.37. The average molecular weight is 339 g/mol. The molecule has 3 N–H and O–H groups in total. The van der Waals surface area contributed by atoms with Gasteiger partial charge in [-0.05, 0) is 29.9 Å². The van der Waals surface area contributed by atoms with Crippen LogP contribution in [0.5, 0.6) is 11.5 Å². The van der Waals surface area contributed by atoms with Gasteiger partial charge in [0.2, 0.25) is 4.77 Å². The molecule has 0 unspecified atom stereocenters. The molecule has 2 rings (SSSR count). The van der Waals surface area contributed by atoms with Gasteiger partial charge >= 0.3 is 6.18 Å². The number of alkyl halides is 3. The molecule has 1 aromatic carbocycles. The van der Waals surface area contributed by atoms with Crippen LogP contribution in [0.1, 0.15) is 11.4 Å². The van der Waals surface area contributed by atoms with Crippen molar-refractivity contribution in [3.63, 3.8) is 0 Å². The summed E-state index contributed by atoms with van der Waals surface area (Å²) in [5.74, 6) is -2.39. The van der Waals surface area contributed by atoms with Gasteiger partial charge in [0.25, 0.3) is 5.82 Å². The molecular weight excluding hydrogens is 333 g/mol. The fraction of sp³-hybridized carbons (Fsp3) is 0.100. The van der Waals surface area contributed by atoms with E-state index in [4.69, 9.17) is 11.6 Å². The van der Waals surface area contributed by atoms with Crippen LogP contribution in [0, 0.1) is 4.77 Å². The second-order valence-corrected chi connectivity index (χ2v) is 4.57. The maximum Gasteiger partial charge on any atom is 0.453 e. The molecule has 0 aliphatic carbocycles. The van der Waals surface area contributed by atoms with Crippen LogP contribution in [-0.2, 0) is 6.18 Å². The summed E-state index contributed by atoms with van der Waals surface area (Å²) in [5, 5.41) is 27.0. The van der Waals surface area contributed by atoms with Crippen molar-refractivity contribution < 1.29 is 23.4 Å². The fourth-order valence-electron chi connectivity index (χ4n) is 1.39. The lowest BCUT2D eigenvalue weighted by molar-refractivity contribution is -0.147. The van der Waals surface area contributed by atoms with Crippen molar-refractivity contribution >= 4 is 30.0 Å². The van der Waals surface area contributed by atoms with Crippen LogP contribution in [0.2, 0.25) is 5.02 Å². The third kappa shape index (κ3) is 3.16. The van der Waals surface area contributed by atoms with E-state index < -0.39 is 23.5 Å². The first-order valence-electron chi connectivity index (χ1n) is 5.20. The van der Waals surface area contributed by atoms with Crippen LogP contribution in [0.25, 0.3) is 0 Å². The van der Waals surface area contributed by atoms with Crippen molar-refractivity contribution in [1.29, 1.82) is 0 Å². The lowest BCUT2D eigenvalue weighted by atomic mass is 10.2. The highest BCUT2D eigenvalue weighted by molar-refractivity contribution is 7.71. The number of phenols is 2. The van der Waals surface area contributed by atoms with Gasteiger partial charge in [-0.15, -0.1) is 5.10 Å². The van der Waals surface area contributed by atoms with Crippen molar-refractivity contribution in [2.75, 3.05) is 0 Å². The van der Waals surface area contributed by atoms with Gasteiger partial charge in [-0.1, -0.05) is 11.6 Å². The zero-order valence-corrected chi connectivity index (χ0v) is 11.5. The number of aromatic hydroxyl groups is 2. The van der Waals surface area contributed by atoms with Crippen molar-refractivity contribution in [2.24, 2.45) is 5.10 Å². The number of halogens is 4. The molecule has 112 valence electrons. The summed E-state index contributed by atoms with van der Waals surface area (Å²) in [5.41, 5.74) is 0.159. The molecule has 0 spiro atoms. The van der Waals surface area contributed by atoms with E-state index >= 15 is 0 Å². The molecule has 6 nitrogen and oxygen atoms in total. The molecule has 0 aliphatic rings.